The summed E-state index contributed by atoms with van der Waals surface area (Å²) in [5.74, 6) is 1.62. The van der Waals surface area contributed by atoms with E-state index in [1.807, 2.05) is 19.1 Å². The molecule has 1 rings (SSSR count). The van der Waals surface area contributed by atoms with Crippen LogP contribution in [-0.2, 0) is 6.61 Å². The van der Waals surface area contributed by atoms with Crippen molar-refractivity contribution in [3.63, 3.8) is 0 Å². The highest BCUT2D eigenvalue weighted by Crippen LogP contribution is 2.19. The normalized spacial score (nSPS) is 12.9. The second-order valence-electron chi connectivity index (χ2n) is 5.22. The van der Waals surface area contributed by atoms with Crippen LogP contribution in [0.3, 0.4) is 0 Å². The molecule has 1 heterocycles. The first-order valence-corrected chi connectivity index (χ1v) is 6.25. The molecule has 3 heteroatoms. The van der Waals surface area contributed by atoms with E-state index in [9.17, 15) is 5.11 Å². The van der Waals surface area contributed by atoms with Gasteiger partial charge < -0.3 is 10.0 Å². The van der Waals surface area contributed by atoms with Crippen molar-refractivity contribution in [3.05, 3.63) is 23.4 Å². The third-order valence-corrected chi connectivity index (χ3v) is 3.02. The number of aryl methyl sites for hydroxylation is 1. The molecule has 0 fully saturated rings. The summed E-state index contributed by atoms with van der Waals surface area (Å²) in [6, 6.07) is 4.34. The number of aliphatic hydroxyl groups excluding tert-OH is 1. The van der Waals surface area contributed by atoms with E-state index >= 15 is 0 Å². The molecule has 3 nitrogen and oxygen atoms in total. The summed E-state index contributed by atoms with van der Waals surface area (Å²) < 4.78 is 0. The second-order valence-corrected chi connectivity index (χ2v) is 5.22. The number of nitrogens with zero attached hydrogens (tertiary/aromatic N) is 2. The van der Waals surface area contributed by atoms with Crippen molar-refractivity contribution in [2.45, 2.75) is 46.8 Å². The van der Waals surface area contributed by atoms with Gasteiger partial charge in [0, 0.05) is 18.8 Å². The molecule has 1 N–H and O–H groups in total. The molecule has 96 valence electrons. The lowest BCUT2D eigenvalue weighted by molar-refractivity contribution is 0.281. The van der Waals surface area contributed by atoms with Crippen molar-refractivity contribution in [1.29, 1.82) is 0 Å². The van der Waals surface area contributed by atoms with Crippen LogP contribution in [0.5, 0.6) is 0 Å². The minimum absolute atomic E-state index is 0.0722. The summed E-state index contributed by atoms with van der Waals surface area (Å²) in [6.45, 7) is 8.70. The van der Waals surface area contributed by atoms with E-state index in [2.05, 4.69) is 37.7 Å². The number of aromatic nitrogens is 1. The third-order valence-electron chi connectivity index (χ3n) is 3.02. The molecule has 1 atom stereocenters. The van der Waals surface area contributed by atoms with Gasteiger partial charge in [0.2, 0.25) is 0 Å². The van der Waals surface area contributed by atoms with Gasteiger partial charge in [-0.1, -0.05) is 13.8 Å². The molecule has 0 bridgehead atoms. The molecular weight excluding hydrogens is 212 g/mol. The maximum Gasteiger partial charge on any atom is 0.129 e. The van der Waals surface area contributed by atoms with Crippen LogP contribution in [0, 0.1) is 12.8 Å². The molecule has 1 unspecified atom stereocenters. The van der Waals surface area contributed by atoms with Crippen LogP contribution < -0.4 is 4.90 Å². The summed E-state index contributed by atoms with van der Waals surface area (Å²) >= 11 is 0. The zero-order valence-electron chi connectivity index (χ0n) is 11.6. The first kappa shape index (κ1) is 14.0. The van der Waals surface area contributed by atoms with Gasteiger partial charge in [-0.3, -0.25) is 0 Å². The van der Waals surface area contributed by atoms with Crippen molar-refractivity contribution in [3.8, 4) is 0 Å². The minimum Gasteiger partial charge on any atom is -0.392 e. The Morgan fingerprint density at radius 1 is 1.29 bits per heavy atom. The van der Waals surface area contributed by atoms with Crippen molar-refractivity contribution >= 4 is 5.82 Å². The van der Waals surface area contributed by atoms with Gasteiger partial charge in [0.15, 0.2) is 0 Å². The van der Waals surface area contributed by atoms with E-state index < -0.39 is 0 Å². The molecule has 17 heavy (non-hydrogen) atoms. The van der Waals surface area contributed by atoms with E-state index in [4.69, 9.17) is 0 Å². The van der Waals surface area contributed by atoms with E-state index in [1.165, 1.54) is 0 Å². The van der Waals surface area contributed by atoms with Gasteiger partial charge in [0.05, 0.1) is 6.61 Å². The van der Waals surface area contributed by atoms with Crippen LogP contribution in [0.15, 0.2) is 12.1 Å². The molecular formula is C14H24N2O. The highest BCUT2D eigenvalue weighted by Gasteiger charge is 2.13. The summed E-state index contributed by atoms with van der Waals surface area (Å²) in [5.41, 5.74) is 1.88. The summed E-state index contributed by atoms with van der Waals surface area (Å²) in [5, 5.41) is 9.21. The minimum atomic E-state index is 0.0722. The lowest BCUT2D eigenvalue weighted by atomic mass is 10.0. The maximum absolute atomic E-state index is 9.21. The second kappa shape index (κ2) is 6.01. The smallest absolute Gasteiger partial charge is 0.129 e. The van der Waals surface area contributed by atoms with Gasteiger partial charge in [0.1, 0.15) is 5.82 Å². The average Bonchev–Trinajstić information content (AvgIpc) is 2.26. The topological polar surface area (TPSA) is 36.4 Å². The first-order valence-electron chi connectivity index (χ1n) is 6.25. The summed E-state index contributed by atoms with van der Waals surface area (Å²) in [4.78, 5) is 6.71. The van der Waals surface area contributed by atoms with Crippen LogP contribution in [-0.4, -0.2) is 23.2 Å². The molecule has 0 aromatic carbocycles. The molecule has 0 spiro atoms. The molecule has 1 aromatic rings. The van der Waals surface area contributed by atoms with E-state index in [-0.39, 0.29) is 6.61 Å². The highest BCUT2D eigenvalue weighted by molar-refractivity contribution is 5.42. The number of pyridine rings is 1. The van der Waals surface area contributed by atoms with E-state index in [1.54, 1.807) is 0 Å². The van der Waals surface area contributed by atoms with Gasteiger partial charge in [-0.15, -0.1) is 0 Å². The molecule has 0 aliphatic heterocycles. The fourth-order valence-electron chi connectivity index (χ4n) is 2.06. The van der Waals surface area contributed by atoms with Crippen LogP contribution in [0.1, 0.15) is 38.4 Å². The first-order chi connectivity index (χ1) is 7.93. The number of hydrogen-bond donors (Lipinski definition) is 1. The van der Waals surface area contributed by atoms with Gasteiger partial charge in [0.25, 0.3) is 0 Å². The van der Waals surface area contributed by atoms with Crippen LogP contribution in [0.2, 0.25) is 0 Å². The predicted molar refractivity (Wildman–Crippen MR) is 72.2 cm³/mol. The van der Waals surface area contributed by atoms with Crippen molar-refractivity contribution in [2.75, 3.05) is 11.9 Å². The lowest BCUT2D eigenvalue weighted by Gasteiger charge is -2.28. The zero-order valence-corrected chi connectivity index (χ0v) is 11.6. The molecule has 0 amide bonds. The van der Waals surface area contributed by atoms with Crippen LogP contribution in [0.4, 0.5) is 5.82 Å². The largest absolute Gasteiger partial charge is 0.392 e. The van der Waals surface area contributed by atoms with Gasteiger partial charge in [-0.05, 0) is 43.9 Å². The average molecular weight is 236 g/mol. The summed E-state index contributed by atoms with van der Waals surface area (Å²) in [6.07, 6.45) is 1.14. The molecule has 0 saturated heterocycles. The van der Waals surface area contributed by atoms with Crippen molar-refractivity contribution in [1.82, 2.24) is 4.98 Å². The Morgan fingerprint density at radius 3 is 2.47 bits per heavy atom. The maximum atomic E-state index is 9.21. The Hall–Kier alpha value is -1.09. The number of anilines is 1. The third kappa shape index (κ3) is 4.00. The quantitative estimate of drug-likeness (QED) is 0.854. The van der Waals surface area contributed by atoms with E-state index in [0.29, 0.717) is 12.0 Å². The molecule has 0 saturated carbocycles. The molecule has 0 radical (unpaired) electrons. The zero-order chi connectivity index (χ0) is 13.0. The van der Waals surface area contributed by atoms with Gasteiger partial charge in [-0.25, -0.2) is 4.98 Å². The number of rotatable bonds is 5. The Balaban J connectivity index is 2.87. The lowest BCUT2D eigenvalue weighted by Crippen LogP contribution is -2.31. The Morgan fingerprint density at radius 2 is 1.94 bits per heavy atom. The van der Waals surface area contributed by atoms with Gasteiger partial charge in [-0.2, -0.15) is 0 Å². The fraction of sp³-hybridized carbons (Fsp3) is 0.643. The number of hydrogen-bond acceptors (Lipinski definition) is 3. The van der Waals surface area contributed by atoms with Gasteiger partial charge >= 0.3 is 0 Å². The summed E-state index contributed by atoms with van der Waals surface area (Å²) in [7, 11) is 2.07. The molecule has 0 aliphatic carbocycles. The number of aliphatic hydroxyl groups is 1. The van der Waals surface area contributed by atoms with Crippen LogP contribution >= 0.6 is 0 Å². The monoisotopic (exact) mass is 236 g/mol. The predicted octanol–water partition coefficient (Wildman–Crippen LogP) is 2.75. The molecule has 1 aromatic heterocycles. The van der Waals surface area contributed by atoms with Crippen molar-refractivity contribution in [2.24, 2.45) is 5.92 Å². The molecule has 0 aliphatic rings. The highest BCUT2D eigenvalue weighted by atomic mass is 16.3. The fourth-order valence-corrected chi connectivity index (χ4v) is 2.06. The standard InChI is InChI=1S/C14H24N2O/c1-10(2)6-12(4)16(5)14-8-13(9-17)7-11(3)15-14/h7-8,10,12,17H,6,9H2,1-5H3. The van der Waals surface area contributed by atoms with Crippen LogP contribution in [0.25, 0.3) is 0 Å². The van der Waals surface area contributed by atoms with E-state index in [0.717, 1.165) is 23.5 Å². The van der Waals surface area contributed by atoms with Crippen molar-refractivity contribution < 1.29 is 5.11 Å². The Kier molecular flexibility index (Phi) is 4.94. The Labute approximate surface area is 104 Å². The SMILES string of the molecule is Cc1cc(CO)cc(N(C)C(C)CC(C)C)n1. The Bertz CT molecular complexity index is 363.